The maximum Gasteiger partial charge on any atom is 0.323 e. The second-order valence-corrected chi connectivity index (χ2v) is 5.86. The van der Waals surface area contributed by atoms with Crippen molar-refractivity contribution in [1.29, 1.82) is 0 Å². The highest BCUT2D eigenvalue weighted by molar-refractivity contribution is 7.13. The summed E-state index contributed by atoms with van der Waals surface area (Å²) in [5, 5.41) is 2.90. The van der Waals surface area contributed by atoms with E-state index in [-0.39, 0.29) is 12.0 Å². The molecule has 3 rings (SSSR count). The normalized spacial score (nSPS) is 19.0. The molecule has 6 heteroatoms. The zero-order valence-corrected chi connectivity index (χ0v) is 12.8. The van der Waals surface area contributed by atoms with Gasteiger partial charge in [-0.3, -0.25) is 9.69 Å². The van der Waals surface area contributed by atoms with Crippen molar-refractivity contribution < 1.29 is 13.9 Å². The second kappa shape index (κ2) is 6.41. The molecule has 0 aromatic carbocycles. The molecule has 0 amide bonds. The van der Waals surface area contributed by atoms with Crippen molar-refractivity contribution in [3.63, 3.8) is 0 Å². The molecule has 1 aliphatic heterocycles. The minimum atomic E-state index is -0.126. The molecule has 1 saturated heterocycles. The van der Waals surface area contributed by atoms with Crippen LogP contribution in [0, 0.1) is 0 Å². The van der Waals surface area contributed by atoms with Gasteiger partial charge in [0.05, 0.1) is 18.6 Å². The van der Waals surface area contributed by atoms with Gasteiger partial charge in [-0.05, 0) is 38.4 Å². The van der Waals surface area contributed by atoms with Crippen LogP contribution >= 0.6 is 11.3 Å². The summed E-state index contributed by atoms with van der Waals surface area (Å²) in [5.74, 6) is 0.672. The van der Waals surface area contributed by atoms with E-state index >= 15 is 0 Å². The number of thiazole rings is 1. The van der Waals surface area contributed by atoms with E-state index in [9.17, 15) is 4.79 Å². The van der Waals surface area contributed by atoms with Crippen molar-refractivity contribution >= 4 is 17.3 Å². The molecule has 2 aromatic heterocycles. The van der Waals surface area contributed by atoms with E-state index in [2.05, 4.69) is 9.88 Å². The third kappa shape index (κ3) is 3.16. The molecule has 1 aliphatic rings. The van der Waals surface area contributed by atoms with Gasteiger partial charge in [-0.2, -0.15) is 0 Å². The summed E-state index contributed by atoms with van der Waals surface area (Å²) in [5.41, 5.74) is 0.975. The Kier molecular flexibility index (Phi) is 4.36. The van der Waals surface area contributed by atoms with E-state index in [1.165, 1.54) is 0 Å². The number of carbonyl (C=O) groups is 1. The highest BCUT2D eigenvalue weighted by Gasteiger charge is 2.32. The van der Waals surface area contributed by atoms with Crippen molar-refractivity contribution in [3.8, 4) is 10.8 Å². The Morgan fingerprint density at radius 1 is 1.62 bits per heavy atom. The van der Waals surface area contributed by atoms with E-state index in [1.807, 2.05) is 24.4 Å². The van der Waals surface area contributed by atoms with Gasteiger partial charge in [0.15, 0.2) is 10.8 Å². The molecule has 5 nitrogen and oxygen atoms in total. The van der Waals surface area contributed by atoms with Gasteiger partial charge in [0.1, 0.15) is 6.04 Å². The molecule has 0 aliphatic carbocycles. The number of hydrogen-bond acceptors (Lipinski definition) is 6. The van der Waals surface area contributed by atoms with Crippen LogP contribution in [-0.4, -0.2) is 35.0 Å². The van der Waals surface area contributed by atoms with Crippen LogP contribution < -0.4 is 0 Å². The predicted molar refractivity (Wildman–Crippen MR) is 79.9 cm³/mol. The van der Waals surface area contributed by atoms with E-state index in [0.29, 0.717) is 13.2 Å². The van der Waals surface area contributed by atoms with Crippen molar-refractivity contribution in [2.75, 3.05) is 13.2 Å². The number of aromatic nitrogens is 1. The Hall–Kier alpha value is -1.66. The van der Waals surface area contributed by atoms with Crippen molar-refractivity contribution in [2.24, 2.45) is 0 Å². The number of furan rings is 1. The number of ether oxygens (including phenoxy) is 1. The third-order valence-corrected chi connectivity index (χ3v) is 4.48. The van der Waals surface area contributed by atoms with Crippen molar-refractivity contribution in [2.45, 2.75) is 32.4 Å². The lowest BCUT2D eigenvalue weighted by atomic mass is 10.2. The zero-order valence-electron chi connectivity index (χ0n) is 11.9. The monoisotopic (exact) mass is 306 g/mol. The molecule has 112 valence electrons. The summed E-state index contributed by atoms with van der Waals surface area (Å²) in [7, 11) is 0. The Balaban J connectivity index is 1.67. The fraction of sp³-hybridized carbons (Fsp3) is 0.467. The molecule has 0 radical (unpaired) electrons. The van der Waals surface area contributed by atoms with Crippen LogP contribution in [-0.2, 0) is 16.1 Å². The Bertz CT molecular complexity index is 594. The number of likely N-dealkylation sites (tertiary alicyclic amines) is 1. The zero-order chi connectivity index (χ0) is 14.7. The molecule has 1 fully saturated rings. The molecule has 0 saturated carbocycles. The van der Waals surface area contributed by atoms with Crippen LogP contribution in [0.2, 0.25) is 0 Å². The maximum absolute atomic E-state index is 11.9. The first-order valence-electron chi connectivity index (χ1n) is 7.17. The number of hydrogen-bond donors (Lipinski definition) is 0. The van der Waals surface area contributed by atoms with Gasteiger partial charge in [-0.1, -0.05) is 0 Å². The quantitative estimate of drug-likeness (QED) is 0.795. The topological polar surface area (TPSA) is 55.6 Å². The van der Waals surface area contributed by atoms with E-state index < -0.39 is 0 Å². The fourth-order valence-electron chi connectivity index (χ4n) is 2.62. The van der Waals surface area contributed by atoms with Gasteiger partial charge < -0.3 is 9.15 Å². The van der Waals surface area contributed by atoms with Crippen LogP contribution in [0.1, 0.15) is 25.5 Å². The van der Waals surface area contributed by atoms with Gasteiger partial charge in [-0.15, -0.1) is 11.3 Å². The van der Waals surface area contributed by atoms with Crippen LogP contribution in [0.5, 0.6) is 0 Å². The van der Waals surface area contributed by atoms with Crippen LogP contribution in [0.4, 0.5) is 0 Å². The first kappa shape index (κ1) is 14.3. The van der Waals surface area contributed by atoms with Crippen molar-refractivity contribution in [1.82, 2.24) is 9.88 Å². The summed E-state index contributed by atoms with van der Waals surface area (Å²) in [6.45, 7) is 3.87. The van der Waals surface area contributed by atoms with Crippen LogP contribution in [0.15, 0.2) is 28.2 Å². The van der Waals surface area contributed by atoms with E-state index in [0.717, 1.165) is 35.8 Å². The Labute approximate surface area is 127 Å². The predicted octanol–water partition coefficient (Wildman–Crippen LogP) is 2.93. The highest BCUT2D eigenvalue weighted by Crippen LogP contribution is 2.26. The molecule has 0 N–H and O–H groups in total. The summed E-state index contributed by atoms with van der Waals surface area (Å²) in [4.78, 5) is 18.7. The van der Waals surface area contributed by atoms with Crippen LogP contribution in [0.25, 0.3) is 10.8 Å². The van der Waals surface area contributed by atoms with Crippen molar-refractivity contribution in [3.05, 3.63) is 29.5 Å². The minimum absolute atomic E-state index is 0.114. The average molecular weight is 306 g/mol. The molecular weight excluding hydrogens is 288 g/mol. The Morgan fingerprint density at radius 3 is 3.29 bits per heavy atom. The third-order valence-electron chi connectivity index (χ3n) is 3.57. The van der Waals surface area contributed by atoms with Gasteiger partial charge in [0.2, 0.25) is 0 Å². The second-order valence-electron chi connectivity index (χ2n) is 5.00. The molecule has 1 atom stereocenters. The van der Waals surface area contributed by atoms with Crippen LogP contribution in [0.3, 0.4) is 0 Å². The molecule has 0 spiro atoms. The summed E-state index contributed by atoms with van der Waals surface area (Å²) in [6.07, 6.45) is 3.54. The lowest BCUT2D eigenvalue weighted by Crippen LogP contribution is -2.36. The van der Waals surface area contributed by atoms with E-state index in [4.69, 9.17) is 9.15 Å². The highest BCUT2D eigenvalue weighted by atomic mass is 32.1. The Morgan fingerprint density at radius 2 is 2.52 bits per heavy atom. The standard InChI is InChI=1S/C15H18N2O3S/c1-2-19-15(18)12-5-3-7-17(12)9-11-10-21-14(16-11)13-6-4-8-20-13/h4,6,8,10,12H,2-3,5,7,9H2,1H3. The first-order chi connectivity index (χ1) is 10.3. The minimum Gasteiger partial charge on any atom is -0.465 e. The largest absolute Gasteiger partial charge is 0.465 e. The first-order valence-corrected chi connectivity index (χ1v) is 8.05. The number of carbonyl (C=O) groups excluding carboxylic acids is 1. The molecule has 3 heterocycles. The van der Waals surface area contributed by atoms with E-state index in [1.54, 1.807) is 17.6 Å². The van der Waals surface area contributed by atoms with Gasteiger partial charge in [0, 0.05) is 11.9 Å². The number of esters is 1. The molecule has 21 heavy (non-hydrogen) atoms. The smallest absolute Gasteiger partial charge is 0.323 e. The van der Waals surface area contributed by atoms with Gasteiger partial charge in [-0.25, -0.2) is 4.98 Å². The number of rotatable bonds is 5. The molecule has 0 bridgehead atoms. The van der Waals surface area contributed by atoms with Gasteiger partial charge >= 0.3 is 5.97 Å². The lowest BCUT2D eigenvalue weighted by Gasteiger charge is -2.21. The number of nitrogens with zero attached hydrogens (tertiary/aromatic N) is 2. The molecule has 1 unspecified atom stereocenters. The summed E-state index contributed by atoms with van der Waals surface area (Å²) in [6, 6.07) is 3.63. The lowest BCUT2D eigenvalue weighted by molar-refractivity contribution is -0.148. The maximum atomic E-state index is 11.9. The molecule has 2 aromatic rings. The SMILES string of the molecule is CCOC(=O)C1CCCN1Cc1csc(-c2ccco2)n1. The summed E-state index contributed by atoms with van der Waals surface area (Å²) >= 11 is 1.56. The summed E-state index contributed by atoms with van der Waals surface area (Å²) < 4.78 is 10.5. The fourth-order valence-corrected chi connectivity index (χ4v) is 3.40. The average Bonchev–Trinajstić information content (AvgIpc) is 3.20. The molecular formula is C15H18N2O3S. The van der Waals surface area contributed by atoms with Gasteiger partial charge in [0.25, 0.3) is 0 Å².